The second-order valence-corrected chi connectivity index (χ2v) is 4.89. The second-order valence-electron chi connectivity index (χ2n) is 4.89. The smallest absolute Gasteiger partial charge is 0.251 e. The van der Waals surface area contributed by atoms with Gasteiger partial charge in [0.25, 0.3) is 5.91 Å². The molecule has 1 aliphatic heterocycles. The van der Waals surface area contributed by atoms with E-state index in [1.165, 1.54) is 5.56 Å². The Bertz CT molecular complexity index is 634. The van der Waals surface area contributed by atoms with Gasteiger partial charge in [-0.15, -0.1) is 0 Å². The van der Waals surface area contributed by atoms with Crippen LogP contribution in [0.1, 0.15) is 21.7 Å². The fourth-order valence-electron chi connectivity index (χ4n) is 2.32. The minimum Gasteiger partial charge on any atom is -0.384 e. The predicted octanol–water partition coefficient (Wildman–Crippen LogP) is 0.756. The molecule has 1 aromatic heterocycles. The van der Waals surface area contributed by atoms with Crippen molar-refractivity contribution in [3.05, 3.63) is 41.5 Å². The van der Waals surface area contributed by atoms with E-state index in [-0.39, 0.29) is 5.91 Å². The van der Waals surface area contributed by atoms with E-state index in [4.69, 9.17) is 0 Å². The number of carbonyl (C=O) groups is 1. The topological polar surface area (TPSA) is 71.8 Å². The Morgan fingerprint density at radius 3 is 3.20 bits per heavy atom. The van der Waals surface area contributed by atoms with Gasteiger partial charge in [-0.1, -0.05) is 6.07 Å². The molecule has 104 valence electrons. The van der Waals surface area contributed by atoms with Gasteiger partial charge in [-0.25, -0.2) is 4.98 Å². The number of nitrogens with zero attached hydrogens (tertiary/aromatic N) is 3. The number of rotatable bonds is 4. The highest BCUT2D eigenvalue weighted by molar-refractivity contribution is 5.95. The summed E-state index contributed by atoms with van der Waals surface area (Å²) < 4.78 is 1.66. The maximum Gasteiger partial charge on any atom is 0.251 e. The summed E-state index contributed by atoms with van der Waals surface area (Å²) in [6.45, 7) is 1.49. The lowest BCUT2D eigenvalue weighted by molar-refractivity contribution is 0.0954. The molecule has 2 heterocycles. The third-order valence-electron chi connectivity index (χ3n) is 3.36. The molecule has 6 heteroatoms. The summed E-state index contributed by atoms with van der Waals surface area (Å²) in [6.07, 6.45) is 3.32. The van der Waals surface area contributed by atoms with E-state index >= 15 is 0 Å². The Balaban J connectivity index is 1.56. The van der Waals surface area contributed by atoms with Gasteiger partial charge in [0, 0.05) is 37.8 Å². The normalized spacial score (nSPS) is 12.8. The highest BCUT2D eigenvalue weighted by Crippen LogP contribution is 2.23. The number of carbonyl (C=O) groups excluding carboxylic acids is 1. The average Bonchev–Trinajstić information content (AvgIpc) is 3.06. The van der Waals surface area contributed by atoms with Crippen LogP contribution in [0, 0.1) is 0 Å². The molecule has 0 radical (unpaired) electrons. The lowest BCUT2D eigenvalue weighted by atomic mass is 10.1. The van der Waals surface area contributed by atoms with Gasteiger partial charge in [0.05, 0.1) is 0 Å². The van der Waals surface area contributed by atoms with Crippen LogP contribution < -0.4 is 10.6 Å². The molecule has 0 fully saturated rings. The minimum atomic E-state index is -0.0579. The lowest BCUT2D eigenvalue weighted by Gasteiger charge is -2.06. The summed E-state index contributed by atoms with van der Waals surface area (Å²) in [5.41, 5.74) is 3.04. The zero-order valence-corrected chi connectivity index (χ0v) is 11.4. The van der Waals surface area contributed by atoms with Gasteiger partial charge in [-0.05, 0) is 24.1 Å². The zero-order valence-electron chi connectivity index (χ0n) is 11.4. The summed E-state index contributed by atoms with van der Waals surface area (Å²) in [6, 6.07) is 5.81. The van der Waals surface area contributed by atoms with Crippen molar-refractivity contribution in [2.45, 2.75) is 12.8 Å². The van der Waals surface area contributed by atoms with Crippen LogP contribution in [0.5, 0.6) is 0 Å². The number of hydrogen-bond acceptors (Lipinski definition) is 4. The fourth-order valence-corrected chi connectivity index (χ4v) is 2.32. The maximum atomic E-state index is 12.1. The monoisotopic (exact) mass is 271 g/mol. The molecule has 1 aliphatic rings. The number of aromatic nitrogens is 3. The molecule has 20 heavy (non-hydrogen) atoms. The van der Waals surface area contributed by atoms with E-state index in [1.54, 1.807) is 11.0 Å². The third-order valence-corrected chi connectivity index (χ3v) is 3.36. The standard InChI is InChI=1S/C14H17N5O/c1-19-9-17-13(18-19)5-7-16-14(20)11-3-2-10-4-6-15-12(10)8-11/h2-3,8-9,15H,4-7H2,1H3,(H,16,20). The van der Waals surface area contributed by atoms with E-state index in [0.717, 1.165) is 24.5 Å². The molecule has 1 amide bonds. The highest BCUT2D eigenvalue weighted by atomic mass is 16.1. The number of anilines is 1. The van der Waals surface area contributed by atoms with Gasteiger partial charge in [0.2, 0.25) is 0 Å². The minimum absolute atomic E-state index is 0.0579. The number of aryl methyl sites for hydroxylation is 1. The Morgan fingerprint density at radius 1 is 1.50 bits per heavy atom. The summed E-state index contributed by atoms with van der Waals surface area (Å²) >= 11 is 0. The molecule has 0 atom stereocenters. The quantitative estimate of drug-likeness (QED) is 0.861. The molecule has 6 nitrogen and oxygen atoms in total. The van der Waals surface area contributed by atoms with Crippen molar-refractivity contribution in [1.82, 2.24) is 20.1 Å². The van der Waals surface area contributed by atoms with Crippen molar-refractivity contribution in [2.75, 3.05) is 18.4 Å². The average molecular weight is 271 g/mol. The molecule has 2 aromatic rings. The van der Waals surface area contributed by atoms with E-state index in [2.05, 4.69) is 20.7 Å². The number of nitrogens with one attached hydrogen (secondary N) is 2. The van der Waals surface area contributed by atoms with Crippen LogP contribution in [0.2, 0.25) is 0 Å². The van der Waals surface area contributed by atoms with E-state index < -0.39 is 0 Å². The lowest BCUT2D eigenvalue weighted by Crippen LogP contribution is -2.26. The van der Waals surface area contributed by atoms with Crippen LogP contribution in [-0.4, -0.2) is 33.8 Å². The summed E-state index contributed by atoms with van der Waals surface area (Å²) in [4.78, 5) is 16.2. The van der Waals surface area contributed by atoms with Crippen LogP contribution in [0.3, 0.4) is 0 Å². The van der Waals surface area contributed by atoms with Crippen molar-refractivity contribution in [3.8, 4) is 0 Å². The number of fused-ring (bicyclic) bond motifs is 1. The van der Waals surface area contributed by atoms with Gasteiger partial charge in [0.15, 0.2) is 5.82 Å². The fraction of sp³-hybridized carbons (Fsp3) is 0.357. The Morgan fingerprint density at radius 2 is 2.40 bits per heavy atom. The molecule has 0 spiro atoms. The van der Waals surface area contributed by atoms with Crippen LogP contribution >= 0.6 is 0 Å². The van der Waals surface area contributed by atoms with Crippen molar-refractivity contribution in [2.24, 2.45) is 7.05 Å². The van der Waals surface area contributed by atoms with E-state index in [9.17, 15) is 4.79 Å². The molecule has 0 unspecified atom stereocenters. The molecule has 1 aromatic carbocycles. The van der Waals surface area contributed by atoms with E-state index in [1.807, 2.05) is 25.2 Å². The molecule has 0 bridgehead atoms. The molecule has 2 N–H and O–H groups in total. The Hall–Kier alpha value is -2.37. The van der Waals surface area contributed by atoms with Gasteiger partial charge >= 0.3 is 0 Å². The molecule has 0 aliphatic carbocycles. The third kappa shape index (κ3) is 2.64. The molecule has 0 saturated heterocycles. The van der Waals surface area contributed by atoms with Crippen LogP contribution in [-0.2, 0) is 19.9 Å². The largest absolute Gasteiger partial charge is 0.384 e. The van der Waals surface area contributed by atoms with Crippen LogP contribution in [0.15, 0.2) is 24.5 Å². The molecular weight excluding hydrogens is 254 g/mol. The number of benzene rings is 1. The SMILES string of the molecule is Cn1cnc(CCNC(=O)c2ccc3c(c2)NCC3)n1. The second kappa shape index (κ2) is 5.32. The van der Waals surface area contributed by atoms with Crippen LogP contribution in [0.25, 0.3) is 0 Å². The van der Waals surface area contributed by atoms with Crippen molar-refractivity contribution in [3.63, 3.8) is 0 Å². The van der Waals surface area contributed by atoms with Gasteiger partial charge in [-0.2, -0.15) is 5.10 Å². The van der Waals surface area contributed by atoms with Gasteiger partial charge in [0.1, 0.15) is 6.33 Å². The Kier molecular flexibility index (Phi) is 3.37. The highest BCUT2D eigenvalue weighted by Gasteiger charge is 2.13. The number of hydrogen-bond donors (Lipinski definition) is 2. The molecule has 0 saturated carbocycles. The first-order chi connectivity index (χ1) is 9.72. The van der Waals surface area contributed by atoms with Crippen LogP contribution in [0.4, 0.5) is 5.69 Å². The molecule has 3 rings (SSSR count). The summed E-state index contributed by atoms with van der Waals surface area (Å²) in [5.74, 6) is 0.681. The maximum absolute atomic E-state index is 12.1. The first-order valence-electron chi connectivity index (χ1n) is 6.72. The summed E-state index contributed by atoms with van der Waals surface area (Å²) in [5, 5.41) is 10.3. The first kappa shape index (κ1) is 12.7. The van der Waals surface area contributed by atoms with E-state index in [0.29, 0.717) is 18.5 Å². The first-order valence-corrected chi connectivity index (χ1v) is 6.72. The summed E-state index contributed by atoms with van der Waals surface area (Å²) in [7, 11) is 1.83. The predicted molar refractivity (Wildman–Crippen MR) is 75.7 cm³/mol. The molecular formula is C14H17N5O. The Labute approximate surface area is 117 Å². The van der Waals surface area contributed by atoms with Gasteiger partial charge in [-0.3, -0.25) is 9.48 Å². The van der Waals surface area contributed by atoms with Crippen molar-refractivity contribution >= 4 is 11.6 Å². The van der Waals surface area contributed by atoms with Crippen molar-refractivity contribution in [1.29, 1.82) is 0 Å². The zero-order chi connectivity index (χ0) is 13.9. The van der Waals surface area contributed by atoms with Crippen molar-refractivity contribution < 1.29 is 4.79 Å². The number of amides is 1. The van der Waals surface area contributed by atoms with Gasteiger partial charge < -0.3 is 10.6 Å².